The molecule has 1 aromatic heterocycles. The minimum absolute atomic E-state index is 0.0556. The van der Waals surface area contributed by atoms with Crippen molar-refractivity contribution in [3.8, 4) is 0 Å². The van der Waals surface area contributed by atoms with Gasteiger partial charge in [0.2, 0.25) is 0 Å². The second kappa shape index (κ2) is 7.90. The van der Waals surface area contributed by atoms with Gasteiger partial charge < -0.3 is 10.6 Å². The summed E-state index contributed by atoms with van der Waals surface area (Å²) in [6.45, 7) is 9.29. The van der Waals surface area contributed by atoms with E-state index in [1.807, 2.05) is 6.92 Å². The highest BCUT2D eigenvalue weighted by atomic mass is 32.1. The van der Waals surface area contributed by atoms with Gasteiger partial charge in [0.15, 0.2) is 0 Å². The lowest BCUT2D eigenvalue weighted by Gasteiger charge is -2.22. The molecule has 1 fully saturated rings. The number of thiazole rings is 1. The maximum absolute atomic E-state index is 12.3. The maximum atomic E-state index is 12.3. The first-order chi connectivity index (χ1) is 10.1. The summed E-state index contributed by atoms with van der Waals surface area (Å²) in [7, 11) is 0. The third kappa shape index (κ3) is 5.08. The van der Waals surface area contributed by atoms with Gasteiger partial charge in [0.1, 0.15) is 4.88 Å². The molecule has 0 radical (unpaired) electrons. The molecule has 1 amide bonds. The zero-order valence-corrected chi connectivity index (χ0v) is 14.2. The lowest BCUT2D eigenvalue weighted by molar-refractivity contribution is 0.0953. The van der Waals surface area contributed by atoms with E-state index in [0.717, 1.165) is 48.1 Å². The van der Waals surface area contributed by atoms with Crippen LogP contribution in [0.5, 0.6) is 0 Å². The van der Waals surface area contributed by atoms with Crippen LogP contribution >= 0.6 is 11.3 Å². The Kier molecular flexibility index (Phi) is 6.18. The second-order valence-corrected chi connectivity index (χ2v) is 7.57. The van der Waals surface area contributed by atoms with E-state index in [0.29, 0.717) is 11.8 Å². The largest absolute Gasteiger partial charge is 0.351 e. The molecule has 2 N–H and O–H groups in total. The van der Waals surface area contributed by atoms with E-state index in [-0.39, 0.29) is 5.91 Å². The summed E-state index contributed by atoms with van der Waals surface area (Å²) < 4.78 is 0. The SMILES string of the molecule is Cc1nc(CC(C)C)c(C(=O)NCCC2CCCNC2)s1. The van der Waals surface area contributed by atoms with Gasteiger partial charge in [-0.2, -0.15) is 0 Å². The number of hydrogen-bond acceptors (Lipinski definition) is 4. The van der Waals surface area contributed by atoms with Crippen LogP contribution in [0.25, 0.3) is 0 Å². The fourth-order valence-corrected chi connectivity index (χ4v) is 3.68. The highest BCUT2D eigenvalue weighted by molar-refractivity contribution is 7.13. The van der Waals surface area contributed by atoms with Gasteiger partial charge in [0.05, 0.1) is 10.7 Å². The highest BCUT2D eigenvalue weighted by Gasteiger charge is 2.18. The quantitative estimate of drug-likeness (QED) is 0.849. The van der Waals surface area contributed by atoms with Crippen molar-refractivity contribution >= 4 is 17.2 Å². The molecule has 0 aliphatic carbocycles. The molecule has 0 bridgehead atoms. The summed E-state index contributed by atoms with van der Waals surface area (Å²) in [5, 5.41) is 7.47. The summed E-state index contributed by atoms with van der Waals surface area (Å²) in [5.41, 5.74) is 0.962. The predicted molar refractivity (Wildman–Crippen MR) is 87.9 cm³/mol. The summed E-state index contributed by atoms with van der Waals surface area (Å²) >= 11 is 1.51. The van der Waals surface area contributed by atoms with Gasteiger partial charge in [-0.25, -0.2) is 4.98 Å². The summed E-state index contributed by atoms with van der Waals surface area (Å²) in [4.78, 5) is 17.7. The number of amides is 1. The smallest absolute Gasteiger partial charge is 0.263 e. The molecule has 21 heavy (non-hydrogen) atoms. The minimum atomic E-state index is 0.0556. The van der Waals surface area contributed by atoms with Crippen LogP contribution in [0.2, 0.25) is 0 Å². The van der Waals surface area contributed by atoms with Crippen molar-refractivity contribution in [3.63, 3.8) is 0 Å². The second-order valence-electron chi connectivity index (χ2n) is 6.36. The van der Waals surface area contributed by atoms with Gasteiger partial charge in [-0.15, -0.1) is 11.3 Å². The first-order valence-corrected chi connectivity index (χ1v) is 8.83. The number of carbonyl (C=O) groups excluding carboxylic acids is 1. The van der Waals surface area contributed by atoms with Crippen molar-refractivity contribution in [2.45, 2.75) is 46.5 Å². The average Bonchev–Trinajstić information content (AvgIpc) is 2.80. The summed E-state index contributed by atoms with van der Waals surface area (Å²) in [5.74, 6) is 1.28. The maximum Gasteiger partial charge on any atom is 0.263 e. The molecule has 2 heterocycles. The number of aromatic nitrogens is 1. The van der Waals surface area contributed by atoms with Gasteiger partial charge in [-0.1, -0.05) is 13.8 Å². The number of piperidine rings is 1. The van der Waals surface area contributed by atoms with Crippen molar-refractivity contribution in [2.24, 2.45) is 11.8 Å². The van der Waals surface area contributed by atoms with Crippen LogP contribution in [0.4, 0.5) is 0 Å². The van der Waals surface area contributed by atoms with Gasteiger partial charge in [0, 0.05) is 6.54 Å². The molecule has 0 spiro atoms. The number of carbonyl (C=O) groups is 1. The van der Waals surface area contributed by atoms with Crippen LogP contribution in [0, 0.1) is 18.8 Å². The Labute approximate surface area is 131 Å². The molecule has 5 heteroatoms. The Balaban J connectivity index is 1.84. The fraction of sp³-hybridized carbons (Fsp3) is 0.750. The van der Waals surface area contributed by atoms with Crippen LogP contribution in [0.3, 0.4) is 0 Å². The topological polar surface area (TPSA) is 54.0 Å². The number of rotatable bonds is 6. The molecule has 1 aliphatic rings. The zero-order chi connectivity index (χ0) is 15.2. The Morgan fingerprint density at radius 3 is 3.00 bits per heavy atom. The Morgan fingerprint density at radius 2 is 2.33 bits per heavy atom. The van der Waals surface area contributed by atoms with Crippen LogP contribution in [0.1, 0.15) is 53.5 Å². The molecule has 118 valence electrons. The predicted octanol–water partition coefficient (Wildman–Crippen LogP) is 2.77. The van der Waals surface area contributed by atoms with E-state index >= 15 is 0 Å². The van der Waals surface area contributed by atoms with Crippen molar-refractivity contribution in [1.29, 1.82) is 0 Å². The monoisotopic (exact) mass is 309 g/mol. The molecule has 1 saturated heterocycles. The Hall–Kier alpha value is -0.940. The molecule has 4 nitrogen and oxygen atoms in total. The van der Waals surface area contributed by atoms with Gasteiger partial charge in [-0.05, 0) is 57.5 Å². The van der Waals surface area contributed by atoms with Crippen molar-refractivity contribution < 1.29 is 4.79 Å². The lowest BCUT2D eigenvalue weighted by Crippen LogP contribution is -2.33. The lowest BCUT2D eigenvalue weighted by atomic mass is 9.96. The number of hydrogen-bond donors (Lipinski definition) is 2. The van der Waals surface area contributed by atoms with Gasteiger partial charge in [-0.3, -0.25) is 4.79 Å². The van der Waals surface area contributed by atoms with Crippen LogP contribution in [-0.2, 0) is 6.42 Å². The van der Waals surface area contributed by atoms with Crippen molar-refractivity contribution in [3.05, 3.63) is 15.6 Å². The number of nitrogens with one attached hydrogen (secondary N) is 2. The molecule has 1 aliphatic heterocycles. The standard InChI is InChI=1S/C16H27N3OS/c1-11(2)9-14-15(21-12(3)19-14)16(20)18-8-6-13-5-4-7-17-10-13/h11,13,17H,4-10H2,1-3H3,(H,18,20). The molecular formula is C16H27N3OS. The molecule has 1 aromatic rings. The van der Waals surface area contributed by atoms with Crippen LogP contribution in [-0.4, -0.2) is 30.5 Å². The molecule has 0 saturated carbocycles. The molecule has 2 rings (SSSR count). The van der Waals surface area contributed by atoms with E-state index in [1.165, 1.54) is 24.2 Å². The normalized spacial score (nSPS) is 19.0. The van der Waals surface area contributed by atoms with E-state index in [1.54, 1.807) is 0 Å². The average molecular weight is 309 g/mol. The van der Waals surface area contributed by atoms with Crippen molar-refractivity contribution in [2.75, 3.05) is 19.6 Å². The van der Waals surface area contributed by atoms with Gasteiger partial charge >= 0.3 is 0 Å². The first-order valence-electron chi connectivity index (χ1n) is 8.01. The van der Waals surface area contributed by atoms with E-state index < -0.39 is 0 Å². The molecular weight excluding hydrogens is 282 g/mol. The van der Waals surface area contributed by atoms with Gasteiger partial charge in [0.25, 0.3) is 5.91 Å². The fourth-order valence-electron chi connectivity index (χ4n) is 2.81. The molecule has 0 aromatic carbocycles. The minimum Gasteiger partial charge on any atom is -0.351 e. The Morgan fingerprint density at radius 1 is 1.52 bits per heavy atom. The summed E-state index contributed by atoms with van der Waals surface area (Å²) in [6.07, 6.45) is 4.47. The first kappa shape index (κ1) is 16.4. The molecule has 1 atom stereocenters. The van der Waals surface area contributed by atoms with Crippen LogP contribution < -0.4 is 10.6 Å². The third-order valence-electron chi connectivity index (χ3n) is 3.85. The Bertz CT molecular complexity index is 464. The zero-order valence-electron chi connectivity index (χ0n) is 13.4. The van der Waals surface area contributed by atoms with E-state index in [2.05, 4.69) is 29.5 Å². The van der Waals surface area contributed by atoms with Crippen molar-refractivity contribution in [1.82, 2.24) is 15.6 Å². The number of aryl methyl sites for hydroxylation is 1. The van der Waals surface area contributed by atoms with Crippen LogP contribution in [0.15, 0.2) is 0 Å². The molecule has 1 unspecified atom stereocenters. The number of nitrogens with zero attached hydrogens (tertiary/aromatic N) is 1. The van der Waals surface area contributed by atoms with E-state index in [4.69, 9.17) is 0 Å². The van der Waals surface area contributed by atoms with E-state index in [9.17, 15) is 4.79 Å². The summed E-state index contributed by atoms with van der Waals surface area (Å²) in [6, 6.07) is 0. The highest BCUT2D eigenvalue weighted by Crippen LogP contribution is 2.21. The third-order valence-corrected chi connectivity index (χ3v) is 4.86.